The topological polar surface area (TPSA) is 123 Å². The van der Waals surface area contributed by atoms with Gasteiger partial charge in [-0.05, 0) is 89.3 Å². The van der Waals surface area contributed by atoms with Gasteiger partial charge in [0.15, 0.2) is 4.87 Å². The van der Waals surface area contributed by atoms with Crippen LogP contribution in [0.5, 0.6) is 5.75 Å². The SMILES string of the molecule is CNS(=O)(=O)c1cccc(NC2(S(=O)(=O)c3ccc(OC(C)C)cc3)COC3(CCNCC3)C2)c1. The molecule has 0 aliphatic carbocycles. The van der Waals surface area contributed by atoms with Gasteiger partial charge in [-0.1, -0.05) is 6.07 Å². The molecule has 2 saturated heterocycles. The Balaban J connectivity index is 1.74. The Bertz CT molecular complexity index is 1260. The fourth-order valence-electron chi connectivity index (χ4n) is 4.73. The summed E-state index contributed by atoms with van der Waals surface area (Å²) in [4.78, 5) is -1.27. The highest BCUT2D eigenvalue weighted by Crippen LogP contribution is 2.46. The highest BCUT2D eigenvalue weighted by atomic mass is 32.2. The number of sulfone groups is 1. The largest absolute Gasteiger partial charge is 0.491 e. The van der Waals surface area contributed by atoms with Crippen LogP contribution in [0.15, 0.2) is 58.3 Å². The molecular weight excluding hydrogens is 490 g/mol. The molecule has 2 heterocycles. The molecule has 1 unspecified atom stereocenters. The first-order chi connectivity index (χ1) is 16.5. The minimum atomic E-state index is -3.95. The second-order valence-corrected chi connectivity index (χ2v) is 13.5. The van der Waals surface area contributed by atoms with Crippen LogP contribution in [-0.2, 0) is 24.6 Å². The van der Waals surface area contributed by atoms with Crippen molar-refractivity contribution in [3.05, 3.63) is 48.5 Å². The Kier molecular flexibility index (Phi) is 7.18. The molecule has 9 nitrogen and oxygen atoms in total. The summed E-state index contributed by atoms with van der Waals surface area (Å²) < 4.78 is 67.1. The third-order valence-electron chi connectivity index (χ3n) is 6.54. The van der Waals surface area contributed by atoms with Crippen molar-refractivity contribution < 1.29 is 26.3 Å². The quantitative estimate of drug-likeness (QED) is 0.482. The second kappa shape index (κ2) is 9.70. The molecular formula is C24H33N3O6S2. The molecule has 4 rings (SSSR count). The molecule has 0 bridgehead atoms. The number of ether oxygens (including phenoxy) is 2. The molecule has 2 aliphatic heterocycles. The Morgan fingerprint density at radius 2 is 1.69 bits per heavy atom. The van der Waals surface area contributed by atoms with E-state index in [4.69, 9.17) is 9.47 Å². The molecule has 1 spiro atoms. The summed E-state index contributed by atoms with van der Waals surface area (Å²) in [7, 11) is -6.31. The standard InChI is InChI=1S/C24H33N3O6S2/c1-18(2)33-20-7-9-21(10-8-20)34(28,29)24(16-23(32-17-24)11-13-26-14-12-23)27-19-5-4-6-22(15-19)35(30,31)25-3/h4-10,15,18,25-27H,11-14,16-17H2,1-3H3. The molecule has 35 heavy (non-hydrogen) atoms. The highest BCUT2D eigenvalue weighted by Gasteiger charge is 2.57. The van der Waals surface area contributed by atoms with E-state index in [1.54, 1.807) is 36.4 Å². The molecule has 0 radical (unpaired) electrons. The van der Waals surface area contributed by atoms with Crippen LogP contribution in [0.1, 0.15) is 33.1 Å². The first-order valence-electron chi connectivity index (χ1n) is 11.7. The molecule has 3 N–H and O–H groups in total. The summed E-state index contributed by atoms with van der Waals surface area (Å²) in [5, 5.41) is 6.49. The minimum Gasteiger partial charge on any atom is -0.491 e. The van der Waals surface area contributed by atoms with Crippen LogP contribution < -0.4 is 20.1 Å². The molecule has 2 aromatic rings. The van der Waals surface area contributed by atoms with Crippen molar-refractivity contribution in [2.24, 2.45) is 0 Å². The van der Waals surface area contributed by atoms with E-state index in [9.17, 15) is 16.8 Å². The minimum absolute atomic E-state index is 0.0327. The molecule has 0 aromatic heterocycles. The summed E-state index contributed by atoms with van der Waals surface area (Å²) >= 11 is 0. The Labute approximate surface area is 207 Å². The van der Waals surface area contributed by atoms with Crippen LogP contribution in [0.4, 0.5) is 5.69 Å². The maximum atomic E-state index is 14.1. The van der Waals surface area contributed by atoms with E-state index < -0.39 is 30.3 Å². The van der Waals surface area contributed by atoms with Gasteiger partial charge in [0, 0.05) is 12.1 Å². The molecule has 1 atom stereocenters. The lowest BCUT2D eigenvalue weighted by Crippen LogP contribution is -2.49. The van der Waals surface area contributed by atoms with Gasteiger partial charge in [-0.25, -0.2) is 21.6 Å². The van der Waals surface area contributed by atoms with Crippen molar-refractivity contribution in [3.63, 3.8) is 0 Å². The molecule has 192 valence electrons. The number of benzene rings is 2. The maximum Gasteiger partial charge on any atom is 0.240 e. The zero-order valence-corrected chi connectivity index (χ0v) is 21.8. The van der Waals surface area contributed by atoms with Crippen LogP contribution in [-0.4, -0.2) is 60.2 Å². The lowest BCUT2D eigenvalue weighted by molar-refractivity contribution is -0.0193. The van der Waals surface area contributed by atoms with E-state index in [1.165, 1.54) is 19.2 Å². The number of sulfonamides is 1. The summed E-state index contributed by atoms with van der Waals surface area (Å²) in [5.41, 5.74) is -0.181. The van der Waals surface area contributed by atoms with Crippen LogP contribution in [0.25, 0.3) is 0 Å². The van der Waals surface area contributed by atoms with Crippen molar-refractivity contribution in [1.29, 1.82) is 0 Å². The van der Waals surface area contributed by atoms with E-state index in [0.717, 1.165) is 13.1 Å². The van der Waals surface area contributed by atoms with Gasteiger partial charge in [0.25, 0.3) is 0 Å². The van der Waals surface area contributed by atoms with Gasteiger partial charge in [0.2, 0.25) is 19.9 Å². The van der Waals surface area contributed by atoms with Gasteiger partial charge < -0.3 is 20.1 Å². The predicted molar refractivity (Wildman–Crippen MR) is 134 cm³/mol. The third kappa shape index (κ3) is 5.19. The zero-order chi connectivity index (χ0) is 25.3. The number of nitrogens with one attached hydrogen (secondary N) is 3. The lowest BCUT2D eigenvalue weighted by atomic mass is 9.88. The van der Waals surface area contributed by atoms with Crippen molar-refractivity contribution in [2.75, 3.05) is 32.1 Å². The van der Waals surface area contributed by atoms with Gasteiger partial charge in [-0.15, -0.1) is 0 Å². The maximum absolute atomic E-state index is 14.1. The van der Waals surface area contributed by atoms with E-state index in [1.807, 2.05) is 13.8 Å². The van der Waals surface area contributed by atoms with Crippen molar-refractivity contribution in [1.82, 2.24) is 10.0 Å². The van der Waals surface area contributed by atoms with Gasteiger partial charge >= 0.3 is 0 Å². The fraction of sp³-hybridized carbons (Fsp3) is 0.500. The zero-order valence-electron chi connectivity index (χ0n) is 20.2. The Morgan fingerprint density at radius 3 is 2.31 bits per heavy atom. The van der Waals surface area contributed by atoms with E-state index >= 15 is 0 Å². The first kappa shape index (κ1) is 25.9. The number of rotatable bonds is 8. The highest BCUT2D eigenvalue weighted by molar-refractivity contribution is 7.93. The smallest absolute Gasteiger partial charge is 0.240 e. The number of hydrogen-bond acceptors (Lipinski definition) is 8. The van der Waals surface area contributed by atoms with Crippen molar-refractivity contribution >= 4 is 25.5 Å². The van der Waals surface area contributed by atoms with Crippen LogP contribution in [0.3, 0.4) is 0 Å². The summed E-state index contributed by atoms with van der Waals surface area (Å²) in [6, 6.07) is 12.5. The molecule has 2 aliphatic rings. The molecule has 0 saturated carbocycles. The van der Waals surface area contributed by atoms with E-state index in [2.05, 4.69) is 15.4 Å². The first-order valence-corrected chi connectivity index (χ1v) is 14.7. The van der Waals surface area contributed by atoms with Crippen molar-refractivity contribution in [3.8, 4) is 5.75 Å². The van der Waals surface area contributed by atoms with Gasteiger partial charge in [-0.2, -0.15) is 0 Å². The average molecular weight is 524 g/mol. The lowest BCUT2D eigenvalue weighted by Gasteiger charge is -2.35. The van der Waals surface area contributed by atoms with E-state index in [-0.39, 0.29) is 28.9 Å². The van der Waals surface area contributed by atoms with Crippen LogP contribution in [0, 0.1) is 0 Å². The summed E-state index contributed by atoms with van der Waals surface area (Å²) in [5.74, 6) is 0.587. The summed E-state index contributed by atoms with van der Waals surface area (Å²) in [6.07, 6.45) is 1.61. The molecule has 11 heteroatoms. The predicted octanol–water partition coefficient (Wildman–Crippen LogP) is 2.51. The monoisotopic (exact) mass is 523 g/mol. The van der Waals surface area contributed by atoms with Gasteiger partial charge in [0.1, 0.15) is 5.75 Å². The second-order valence-electron chi connectivity index (χ2n) is 9.39. The number of anilines is 1. The number of piperidine rings is 1. The Hall–Kier alpha value is -2.18. The van der Waals surface area contributed by atoms with Crippen molar-refractivity contribution in [2.45, 2.75) is 59.5 Å². The van der Waals surface area contributed by atoms with Crippen LogP contribution in [0.2, 0.25) is 0 Å². The normalized spacial score (nSPS) is 22.4. The molecule has 0 amide bonds. The van der Waals surface area contributed by atoms with Gasteiger partial charge in [0.05, 0.1) is 28.1 Å². The summed E-state index contributed by atoms with van der Waals surface area (Å²) in [6.45, 7) is 5.24. The van der Waals surface area contributed by atoms with Gasteiger partial charge in [-0.3, -0.25) is 0 Å². The average Bonchev–Trinajstić information content (AvgIpc) is 3.18. The molecule has 2 fully saturated rings. The molecule has 2 aromatic carbocycles. The number of hydrogen-bond donors (Lipinski definition) is 3. The Morgan fingerprint density at radius 1 is 1.00 bits per heavy atom. The fourth-order valence-corrected chi connectivity index (χ4v) is 7.37. The third-order valence-corrected chi connectivity index (χ3v) is 10.2. The van der Waals surface area contributed by atoms with Crippen LogP contribution >= 0.6 is 0 Å². The van der Waals surface area contributed by atoms with E-state index in [0.29, 0.717) is 24.3 Å².